The van der Waals surface area contributed by atoms with Gasteiger partial charge in [0, 0.05) is 25.9 Å². The van der Waals surface area contributed by atoms with Crippen molar-refractivity contribution in [1.29, 1.82) is 5.26 Å². The molecule has 2 aliphatic heterocycles. The third-order valence-corrected chi connectivity index (χ3v) is 6.07. The maximum absolute atomic E-state index is 12.5. The maximum atomic E-state index is 12.5. The quantitative estimate of drug-likeness (QED) is 0.814. The third-order valence-electron chi connectivity index (χ3n) is 6.07. The molecule has 0 bridgehead atoms. The molecule has 8 nitrogen and oxygen atoms in total. The van der Waals surface area contributed by atoms with E-state index in [0.717, 1.165) is 0 Å². The summed E-state index contributed by atoms with van der Waals surface area (Å²) in [6, 6.07) is 8.92. The highest BCUT2D eigenvalue weighted by Gasteiger charge is 2.54. The molecule has 0 radical (unpaired) electrons. The van der Waals surface area contributed by atoms with Crippen LogP contribution in [0.15, 0.2) is 41.1 Å². The van der Waals surface area contributed by atoms with Crippen molar-refractivity contribution in [2.45, 2.75) is 43.4 Å². The van der Waals surface area contributed by atoms with E-state index in [-0.39, 0.29) is 11.7 Å². The maximum Gasteiger partial charge on any atom is 0.287 e. The normalized spacial score (nSPS) is 26.1. The summed E-state index contributed by atoms with van der Waals surface area (Å²) in [6.45, 7) is 3.50. The summed E-state index contributed by atoms with van der Waals surface area (Å²) in [5.74, 6) is 0.523. The molecule has 2 fully saturated rings. The van der Waals surface area contributed by atoms with Crippen molar-refractivity contribution < 1.29 is 19.1 Å². The SMILES string of the molecule is C[C@]1(NC(=O)c2ccco2)CCOC2(CCN(c3ncccc3C#N)CC2)[C@@H]1O. The standard InChI is InChI=1S/C21H24N4O4/c1-20(24-18(26)16-5-3-12-28-16)8-13-29-21(19(20)27)6-10-25(11-7-21)17-15(14-22)4-2-9-23-17/h2-5,9,12,19,27H,6-8,10-11,13H2,1H3,(H,24,26)/t19-,20+/m1/s1. The molecule has 1 spiro atoms. The van der Waals surface area contributed by atoms with Gasteiger partial charge in [0.25, 0.3) is 5.91 Å². The lowest BCUT2D eigenvalue weighted by Gasteiger charge is -2.53. The molecule has 2 N–H and O–H groups in total. The molecule has 0 aliphatic carbocycles. The fourth-order valence-corrected chi connectivity index (χ4v) is 4.37. The number of hydrogen-bond acceptors (Lipinski definition) is 7. The van der Waals surface area contributed by atoms with Crippen LogP contribution in [0.1, 0.15) is 42.3 Å². The number of aliphatic hydroxyl groups excluding tert-OH is 1. The Morgan fingerprint density at radius 1 is 1.34 bits per heavy atom. The number of nitrogens with one attached hydrogen (secondary N) is 1. The number of pyridine rings is 1. The number of aliphatic hydroxyl groups is 1. The van der Waals surface area contributed by atoms with E-state index in [9.17, 15) is 15.2 Å². The van der Waals surface area contributed by atoms with Gasteiger partial charge in [0.2, 0.25) is 0 Å². The van der Waals surface area contributed by atoms with Gasteiger partial charge < -0.3 is 24.5 Å². The van der Waals surface area contributed by atoms with Gasteiger partial charge in [0.15, 0.2) is 5.76 Å². The zero-order valence-corrected chi connectivity index (χ0v) is 16.3. The molecule has 2 saturated heterocycles. The molecule has 4 rings (SSSR count). The first-order valence-electron chi connectivity index (χ1n) is 9.76. The van der Waals surface area contributed by atoms with Gasteiger partial charge in [0.05, 0.1) is 23.0 Å². The molecule has 4 heterocycles. The van der Waals surface area contributed by atoms with Gasteiger partial charge in [-0.15, -0.1) is 0 Å². The van der Waals surface area contributed by atoms with Crippen LogP contribution >= 0.6 is 0 Å². The van der Waals surface area contributed by atoms with Crippen molar-refractivity contribution in [3.05, 3.63) is 48.0 Å². The Hall–Kier alpha value is -2.89. The summed E-state index contributed by atoms with van der Waals surface area (Å²) in [5.41, 5.74) is -1.04. The number of amides is 1. The number of ether oxygens (including phenoxy) is 1. The summed E-state index contributed by atoms with van der Waals surface area (Å²) < 4.78 is 11.3. The minimum Gasteiger partial charge on any atom is -0.459 e. The van der Waals surface area contributed by atoms with Crippen molar-refractivity contribution in [3.8, 4) is 6.07 Å². The Morgan fingerprint density at radius 2 is 2.14 bits per heavy atom. The smallest absolute Gasteiger partial charge is 0.287 e. The number of carbonyl (C=O) groups is 1. The number of hydrogen-bond donors (Lipinski definition) is 2. The molecule has 152 valence electrons. The zero-order chi connectivity index (χ0) is 20.5. The lowest BCUT2D eigenvalue weighted by Crippen LogP contribution is -2.69. The predicted molar refractivity (Wildman–Crippen MR) is 104 cm³/mol. The van der Waals surface area contributed by atoms with Gasteiger partial charge in [0.1, 0.15) is 18.0 Å². The van der Waals surface area contributed by atoms with Crippen molar-refractivity contribution >= 4 is 11.7 Å². The van der Waals surface area contributed by atoms with E-state index >= 15 is 0 Å². The number of rotatable bonds is 3. The highest BCUT2D eigenvalue weighted by Crippen LogP contribution is 2.41. The Morgan fingerprint density at radius 3 is 2.83 bits per heavy atom. The number of piperidine rings is 1. The van der Waals surface area contributed by atoms with Crippen molar-refractivity contribution in [2.75, 3.05) is 24.6 Å². The first kappa shape index (κ1) is 19.4. The Labute approximate surface area is 169 Å². The lowest BCUT2D eigenvalue weighted by molar-refractivity contribution is -0.195. The molecule has 1 amide bonds. The lowest BCUT2D eigenvalue weighted by atomic mass is 9.73. The number of nitriles is 1. The Kier molecular flexibility index (Phi) is 5.03. The molecule has 8 heteroatoms. The van der Waals surface area contributed by atoms with Gasteiger partial charge in [-0.2, -0.15) is 5.26 Å². The molecule has 2 aliphatic rings. The topological polar surface area (TPSA) is 112 Å². The second kappa shape index (κ2) is 7.50. The molecule has 29 heavy (non-hydrogen) atoms. The minimum absolute atomic E-state index is 0.216. The van der Waals surface area contributed by atoms with Crippen molar-refractivity contribution in [3.63, 3.8) is 0 Å². The number of furan rings is 1. The number of nitrogens with zero attached hydrogens (tertiary/aromatic N) is 3. The fraction of sp³-hybridized carbons (Fsp3) is 0.476. The highest BCUT2D eigenvalue weighted by atomic mass is 16.5. The number of carbonyl (C=O) groups excluding carboxylic acids is 1. The summed E-state index contributed by atoms with van der Waals surface area (Å²) in [5, 5.41) is 23.5. The largest absolute Gasteiger partial charge is 0.459 e. The molecule has 0 aromatic carbocycles. The highest BCUT2D eigenvalue weighted by molar-refractivity contribution is 5.92. The van der Waals surface area contributed by atoms with Gasteiger partial charge in [-0.3, -0.25) is 4.79 Å². The summed E-state index contributed by atoms with van der Waals surface area (Å²) in [6.07, 6.45) is 3.90. The van der Waals surface area contributed by atoms with E-state index in [1.807, 2.05) is 11.8 Å². The van der Waals surface area contributed by atoms with E-state index in [1.165, 1.54) is 6.26 Å². The van der Waals surface area contributed by atoms with Crippen LogP contribution in [0.3, 0.4) is 0 Å². The van der Waals surface area contributed by atoms with Crippen LogP contribution in [0.2, 0.25) is 0 Å². The predicted octanol–water partition coefficient (Wildman–Crippen LogP) is 1.86. The minimum atomic E-state index is -0.871. The average molecular weight is 396 g/mol. The molecule has 0 saturated carbocycles. The molecule has 2 aromatic rings. The summed E-state index contributed by atoms with van der Waals surface area (Å²) in [7, 11) is 0. The van der Waals surface area contributed by atoms with E-state index in [4.69, 9.17) is 9.15 Å². The first-order chi connectivity index (χ1) is 14.0. The van der Waals surface area contributed by atoms with Crippen molar-refractivity contribution in [1.82, 2.24) is 10.3 Å². The monoisotopic (exact) mass is 396 g/mol. The van der Waals surface area contributed by atoms with E-state index < -0.39 is 17.2 Å². The molecular weight excluding hydrogens is 372 g/mol. The fourth-order valence-electron chi connectivity index (χ4n) is 4.37. The Balaban J connectivity index is 1.49. The number of aromatic nitrogens is 1. The average Bonchev–Trinajstić information content (AvgIpc) is 3.28. The third kappa shape index (κ3) is 3.48. The second-order valence-corrected chi connectivity index (χ2v) is 7.89. The van der Waals surface area contributed by atoms with Crippen molar-refractivity contribution in [2.24, 2.45) is 0 Å². The van der Waals surface area contributed by atoms with Crippen LogP contribution in [0.4, 0.5) is 5.82 Å². The van der Waals surface area contributed by atoms with E-state index in [1.54, 1.807) is 30.5 Å². The van der Waals surface area contributed by atoms with Crippen LogP contribution in [0.25, 0.3) is 0 Å². The van der Waals surface area contributed by atoms with Crippen LogP contribution in [0.5, 0.6) is 0 Å². The van der Waals surface area contributed by atoms with Gasteiger partial charge in [-0.1, -0.05) is 0 Å². The molecule has 2 atom stereocenters. The van der Waals surface area contributed by atoms with Crippen LogP contribution in [0, 0.1) is 11.3 Å². The van der Waals surface area contributed by atoms with E-state index in [2.05, 4.69) is 16.4 Å². The molecule has 2 aromatic heterocycles. The molecular formula is C21H24N4O4. The summed E-state index contributed by atoms with van der Waals surface area (Å²) >= 11 is 0. The van der Waals surface area contributed by atoms with Gasteiger partial charge in [-0.05, 0) is 50.5 Å². The number of anilines is 1. The first-order valence-corrected chi connectivity index (χ1v) is 9.76. The molecule has 0 unspecified atom stereocenters. The summed E-state index contributed by atoms with van der Waals surface area (Å²) in [4.78, 5) is 18.9. The van der Waals surface area contributed by atoms with Crippen LogP contribution < -0.4 is 10.2 Å². The second-order valence-electron chi connectivity index (χ2n) is 7.89. The van der Waals surface area contributed by atoms with Gasteiger partial charge >= 0.3 is 0 Å². The van der Waals surface area contributed by atoms with Gasteiger partial charge in [-0.25, -0.2) is 4.98 Å². The van der Waals surface area contributed by atoms with E-state index in [0.29, 0.717) is 50.3 Å². The van der Waals surface area contributed by atoms with Crippen LogP contribution in [-0.4, -0.2) is 52.9 Å². The van der Waals surface area contributed by atoms with Crippen LogP contribution in [-0.2, 0) is 4.74 Å². The Bertz CT molecular complexity index is 915. The zero-order valence-electron chi connectivity index (χ0n) is 16.3.